The summed E-state index contributed by atoms with van der Waals surface area (Å²) < 4.78 is 5.96. The van der Waals surface area contributed by atoms with Crippen LogP contribution in [0.1, 0.15) is 26.7 Å². The number of pyridine rings is 1. The number of halogens is 1. The maximum Gasteiger partial charge on any atom is 0.229 e. The van der Waals surface area contributed by atoms with Crippen molar-refractivity contribution in [3.8, 4) is 11.5 Å². The molecule has 0 aromatic carbocycles. The Bertz CT molecular complexity index is 563. The van der Waals surface area contributed by atoms with Crippen molar-refractivity contribution in [2.45, 2.75) is 33.3 Å². The summed E-state index contributed by atoms with van der Waals surface area (Å²) >= 11 is 3.39. The second-order valence-electron chi connectivity index (χ2n) is 5.43. The standard InChI is InChI=1S/C13H16BrN3O2/c1-13(2,3)9(18)7-10-16-12(17-19-10)11-8(14)5-4-6-15-11/h4-6,9,18H,7H2,1-3H3. The third-order valence-corrected chi connectivity index (χ3v) is 3.45. The van der Waals surface area contributed by atoms with E-state index < -0.39 is 6.10 Å². The quantitative estimate of drug-likeness (QED) is 0.939. The molecule has 5 nitrogen and oxygen atoms in total. The summed E-state index contributed by atoms with van der Waals surface area (Å²) in [4.78, 5) is 8.46. The fourth-order valence-corrected chi connectivity index (χ4v) is 1.89. The number of aliphatic hydroxyl groups excluding tert-OH is 1. The molecule has 2 aromatic rings. The molecule has 1 unspecified atom stereocenters. The van der Waals surface area contributed by atoms with Crippen LogP contribution < -0.4 is 0 Å². The Hall–Kier alpha value is -1.27. The number of rotatable bonds is 3. The Morgan fingerprint density at radius 3 is 2.79 bits per heavy atom. The zero-order valence-electron chi connectivity index (χ0n) is 11.1. The van der Waals surface area contributed by atoms with Crippen molar-refractivity contribution in [3.05, 3.63) is 28.7 Å². The predicted octanol–water partition coefficient (Wildman–Crippen LogP) is 2.84. The first-order valence-corrected chi connectivity index (χ1v) is 6.79. The van der Waals surface area contributed by atoms with Gasteiger partial charge in [-0.3, -0.25) is 4.98 Å². The zero-order valence-corrected chi connectivity index (χ0v) is 12.7. The third-order valence-electron chi connectivity index (χ3n) is 2.81. The number of aromatic nitrogens is 3. The fourth-order valence-electron chi connectivity index (χ4n) is 1.46. The van der Waals surface area contributed by atoms with Crippen LogP contribution in [0.5, 0.6) is 0 Å². The molecule has 19 heavy (non-hydrogen) atoms. The molecule has 2 heterocycles. The van der Waals surface area contributed by atoms with E-state index in [0.29, 0.717) is 23.8 Å². The van der Waals surface area contributed by atoms with Gasteiger partial charge in [-0.05, 0) is 33.5 Å². The highest BCUT2D eigenvalue weighted by atomic mass is 79.9. The van der Waals surface area contributed by atoms with Gasteiger partial charge in [-0.25, -0.2) is 0 Å². The number of hydrogen-bond acceptors (Lipinski definition) is 5. The van der Waals surface area contributed by atoms with Gasteiger partial charge in [0.1, 0.15) is 5.69 Å². The molecule has 0 bridgehead atoms. The molecule has 0 saturated carbocycles. The second-order valence-corrected chi connectivity index (χ2v) is 6.29. The van der Waals surface area contributed by atoms with E-state index in [1.54, 1.807) is 6.20 Å². The van der Waals surface area contributed by atoms with Gasteiger partial charge in [-0.2, -0.15) is 4.98 Å². The molecule has 0 aliphatic rings. The molecule has 1 N–H and O–H groups in total. The lowest BCUT2D eigenvalue weighted by Crippen LogP contribution is -2.28. The first-order valence-electron chi connectivity index (χ1n) is 5.99. The van der Waals surface area contributed by atoms with Gasteiger partial charge in [0, 0.05) is 10.7 Å². The monoisotopic (exact) mass is 325 g/mol. The largest absolute Gasteiger partial charge is 0.392 e. The molecular formula is C13H16BrN3O2. The fraction of sp³-hybridized carbons (Fsp3) is 0.462. The smallest absolute Gasteiger partial charge is 0.229 e. The molecule has 2 aromatic heterocycles. The minimum Gasteiger partial charge on any atom is -0.392 e. The van der Waals surface area contributed by atoms with Gasteiger partial charge in [0.2, 0.25) is 11.7 Å². The summed E-state index contributed by atoms with van der Waals surface area (Å²) in [6, 6.07) is 3.68. The Kier molecular flexibility index (Phi) is 4.01. The zero-order chi connectivity index (χ0) is 14.0. The van der Waals surface area contributed by atoms with Gasteiger partial charge in [0.15, 0.2) is 0 Å². The van der Waals surface area contributed by atoms with Crippen LogP contribution in [-0.2, 0) is 6.42 Å². The molecule has 0 aliphatic heterocycles. The van der Waals surface area contributed by atoms with Crippen LogP contribution in [0, 0.1) is 5.41 Å². The second kappa shape index (κ2) is 5.38. The van der Waals surface area contributed by atoms with Crippen molar-refractivity contribution in [1.82, 2.24) is 15.1 Å². The van der Waals surface area contributed by atoms with Crippen LogP contribution in [0.4, 0.5) is 0 Å². The van der Waals surface area contributed by atoms with Gasteiger partial charge in [-0.1, -0.05) is 25.9 Å². The minimum absolute atomic E-state index is 0.222. The number of aliphatic hydroxyl groups is 1. The maximum atomic E-state index is 10.0. The highest BCUT2D eigenvalue weighted by Crippen LogP contribution is 2.25. The summed E-state index contributed by atoms with van der Waals surface area (Å²) in [5.41, 5.74) is 0.406. The first kappa shape index (κ1) is 14.1. The highest BCUT2D eigenvalue weighted by Gasteiger charge is 2.25. The molecule has 2 rings (SSSR count). The molecule has 102 valence electrons. The topological polar surface area (TPSA) is 72.0 Å². The Labute approximate surface area is 120 Å². The maximum absolute atomic E-state index is 10.0. The first-order chi connectivity index (χ1) is 8.88. The minimum atomic E-state index is -0.534. The van der Waals surface area contributed by atoms with E-state index in [2.05, 4.69) is 31.1 Å². The number of nitrogens with zero attached hydrogens (tertiary/aromatic N) is 3. The van der Waals surface area contributed by atoms with Crippen molar-refractivity contribution < 1.29 is 9.63 Å². The van der Waals surface area contributed by atoms with E-state index >= 15 is 0 Å². The molecule has 0 radical (unpaired) electrons. The van der Waals surface area contributed by atoms with Crippen molar-refractivity contribution in [2.75, 3.05) is 0 Å². The third kappa shape index (κ3) is 3.39. The van der Waals surface area contributed by atoms with Crippen molar-refractivity contribution in [1.29, 1.82) is 0 Å². The molecule has 0 aliphatic carbocycles. The summed E-state index contributed by atoms with van der Waals surface area (Å²) in [5, 5.41) is 13.9. The van der Waals surface area contributed by atoms with Gasteiger partial charge in [0.25, 0.3) is 0 Å². The Morgan fingerprint density at radius 1 is 1.42 bits per heavy atom. The SMILES string of the molecule is CC(C)(C)C(O)Cc1nc(-c2ncccc2Br)no1. The van der Waals surface area contributed by atoms with Gasteiger partial charge >= 0.3 is 0 Å². The molecule has 0 fully saturated rings. The van der Waals surface area contributed by atoms with Crippen LogP contribution in [0.25, 0.3) is 11.5 Å². The average Bonchev–Trinajstić information content (AvgIpc) is 2.76. The van der Waals surface area contributed by atoms with E-state index in [0.717, 1.165) is 4.47 Å². The Morgan fingerprint density at radius 2 is 2.16 bits per heavy atom. The molecular weight excluding hydrogens is 310 g/mol. The lowest BCUT2D eigenvalue weighted by molar-refractivity contribution is 0.0565. The molecule has 1 atom stereocenters. The van der Waals surface area contributed by atoms with E-state index in [1.165, 1.54) is 0 Å². The molecule has 0 amide bonds. The summed E-state index contributed by atoms with van der Waals surface area (Å²) in [5.74, 6) is 0.832. The van der Waals surface area contributed by atoms with E-state index in [-0.39, 0.29) is 5.41 Å². The van der Waals surface area contributed by atoms with Crippen molar-refractivity contribution in [3.63, 3.8) is 0 Å². The van der Waals surface area contributed by atoms with Crippen LogP contribution in [0.15, 0.2) is 27.3 Å². The van der Waals surface area contributed by atoms with Gasteiger partial charge in [0.05, 0.1) is 12.5 Å². The Balaban J connectivity index is 2.19. The van der Waals surface area contributed by atoms with E-state index in [9.17, 15) is 5.11 Å². The molecule has 6 heteroatoms. The van der Waals surface area contributed by atoms with E-state index in [1.807, 2.05) is 32.9 Å². The van der Waals surface area contributed by atoms with Crippen molar-refractivity contribution >= 4 is 15.9 Å². The van der Waals surface area contributed by atoms with Crippen LogP contribution in [-0.4, -0.2) is 26.3 Å². The normalized spacial score (nSPS) is 13.5. The van der Waals surface area contributed by atoms with Gasteiger partial charge < -0.3 is 9.63 Å². The summed E-state index contributed by atoms with van der Waals surface area (Å²) in [6.07, 6.45) is 1.47. The lowest BCUT2D eigenvalue weighted by atomic mass is 9.87. The average molecular weight is 326 g/mol. The summed E-state index contributed by atoms with van der Waals surface area (Å²) in [7, 11) is 0. The summed E-state index contributed by atoms with van der Waals surface area (Å²) in [6.45, 7) is 5.89. The van der Waals surface area contributed by atoms with Crippen LogP contribution in [0.2, 0.25) is 0 Å². The molecule has 0 spiro atoms. The lowest BCUT2D eigenvalue weighted by Gasteiger charge is -2.24. The van der Waals surface area contributed by atoms with Crippen LogP contribution in [0.3, 0.4) is 0 Å². The van der Waals surface area contributed by atoms with Crippen molar-refractivity contribution in [2.24, 2.45) is 5.41 Å². The molecule has 0 saturated heterocycles. The predicted molar refractivity (Wildman–Crippen MR) is 74.4 cm³/mol. The van der Waals surface area contributed by atoms with E-state index in [4.69, 9.17) is 4.52 Å². The van der Waals surface area contributed by atoms with Crippen LogP contribution >= 0.6 is 15.9 Å². The number of hydrogen-bond donors (Lipinski definition) is 1. The van der Waals surface area contributed by atoms with Gasteiger partial charge in [-0.15, -0.1) is 0 Å². The highest BCUT2D eigenvalue weighted by molar-refractivity contribution is 9.10.